The summed E-state index contributed by atoms with van der Waals surface area (Å²) < 4.78 is 0. The Bertz CT molecular complexity index is 3020. The summed E-state index contributed by atoms with van der Waals surface area (Å²) in [5.74, 6) is 0. The molecule has 63 heavy (non-hydrogen) atoms. The van der Waals surface area contributed by atoms with E-state index in [1.54, 1.807) is 0 Å². The van der Waals surface area contributed by atoms with Gasteiger partial charge in [-0.25, -0.2) is 0 Å². The maximum absolute atomic E-state index is 2.56. The molecule has 9 aromatic rings. The first kappa shape index (κ1) is 38.5. The highest BCUT2D eigenvalue weighted by Crippen LogP contribution is 2.55. The molecule has 0 spiro atoms. The van der Waals surface area contributed by atoms with Gasteiger partial charge in [0.1, 0.15) is 0 Å². The molecule has 0 heterocycles. The molecule has 5 aliphatic rings. The molecular weight excluding hydrogens is 761 g/mol. The zero-order valence-electron chi connectivity index (χ0n) is 36.0. The van der Waals surface area contributed by atoms with Crippen LogP contribution in [-0.2, 0) is 31.1 Å². The maximum atomic E-state index is 2.56. The Balaban J connectivity index is 1.07. The fourth-order valence-corrected chi connectivity index (χ4v) is 10.1. The maximum Gasteiger partial charge on any atom is 0.0496 e. The first-order chi connectivity index (χ1) is 31.0. The lowest BCUT2D eigenvalue weighted by Crippen LogP contribution is -2.18. The van der Waals surface area contributed by atoms with Gasteiger partial charge < -0.3 is 9.80 Å². The zero-order valence-corrected chi connectivity index (χ0v) is 36.0. The number of anilines is 6. The Morgan fingerprint density at radius 3 is 1.37 bits per heavy atom. The molecule has 14 rings (SSSR count). The van der Waals surface area contributed by atoms with E-state index in [4.69, 9.17) is 0 Å². The topological polar surface area (TPSA) is 6.48 Å². The molecular formula is C61H50N2. The first-order valence-electron chi connectivity index (χ1n) is 22.4. The van der Waals surface area contributed by atoms with Crippen molar-refractivity contribution in [2.24, 2.45) is 0 Å². The number of benzene rings is 9. The minimum atomic E-state index is -0.174. The van der Waals surface area contributed by atoms with E-state index in [0.717, 1.165) is 31.4 Å². The minimum absolute atomic E-state index is 0.174. The van der Waals surface area contributed by atoms with Crippen molar-refractivity contribution >= 4 is 34.1 Å². The van der Waals surface area contributed by atoms with E-state index in [-0.39, 0.29) is 5.41 Å². The summed E-state index contributed by atoms with van der Waals surface area (Å²) in [4.78, 5) is 5.00. The van der Waals surface area contributed by atoms with Crippen molar-refractivity contribution in [3.8, 4) is 33.4 Å². The summed E-state index contributed by atoms with van der Waals surface area (Å²) in [5.41, 5.74) is 22.7. The monoisotopic (exact) mass is 810 g/mol. The summed E-state index contributed by atoms with van der Waals surface area (Å²) in [6.45, 7) is 4.80. The molecule has 0 amide bonds. The average molecular weight is 811 g/mol. The van der Waals surface area contributed by atoms with Gasteiger partial charge in [-0.3, -0.25) is 0 Å². The Kier molecular flexibility index (Phi) is 9.85. The Morgan fingerprint density at radius 2 is 0.794 bits per heavy atom. The van der Waals surface area contributed by atoms with Gasteiger partial charge in [-0.1, -0.05) is 172 Å². The second kappa shape index (κ2) is 16.1. The smallest absolute Gasteiger partial charge is 0.0496 e. The largest absolute Gasteiger partial charge is 0.310 e. The van der Waals surface area contributed by atoms with Crippen LogP contribution < -0.4 is 9.80 Å². The molecule has 2 nitrogen and oxygen atoms in total. The normalized spacial score (nSPS) is 13.4. The summed E-state index contributed by atoms with van der Waals surface area (Å²) in [6, 6.07) is 81.1. The van der Waals surface area contributed by atoms with Crippen molar-refractivity contribution in [1.82, 2.24) is 0 Å². The predicted octanol–water partition coefficient (Wildman–Crippen LogP) is 16.2. The number of hydrogen-bond donors (Lipinski definition) is 0. The SMILES string of the molecule is CC1(C)c2ccccc2-c2c(-c3ccccc3)cc(N(c3ccc(-c4ccccc4)cc3)c3cc4ccc3CCc3ccc(c(N(c5ccccc5)c5ccccc5)c3)CC4)cc21. The lowest BCUT2D eigenvalue weighted by atomic mass is 9.81. The van der Waals surface area contributed by atoms with Crippen molar-refractivity contribution in [2.75, 3.05) is 9.80 Å². The van der Waals surface area contributed by atoms with Gasteiger partial charge in [0.25, 0.3) is 0 Å². The summed E-state index contributed by atoms with van der Waals surface area (Å²) in [7, 11) is 0. The standard InChI is InChI=1S/C61H50N2/c1-61(2)56-26-16-15-25-54(56)60-55(47-19-9-4-10-20-47)41-53(42-57(60)61)63(52-37-35-46(36-38-52)45-17-7-3-8-18-45)59-40-44-28-32-48-31-27-43(29-33-49(59)34-30-44)39-58(48)62(50-21-11-5-12-22-50)51-23-13-6-14-24-51/h3-27,30-31,34-42H,28-29,32-33H2,1-2H3. The molecule has 0 atom stereocenters. The number of hydrogen-bond acceptors (Lipinski definition) is 2. The summed E-state index contributed by atoms with van der Waals surface area (Å²) in [5, 5.41) is 0. The van der Waals surface area contributed by atoms with Crippen LogP contribution in [0.2, 0.25) is 0 Å². The van der Waals surface area contributed by atoms with Gasteiger partial charge in [0.15, 0.2) is 0 Å². The highest BCUT2D eigenvalue weighted by molar-refractivity contribution is 5.96. The number of nitrogens with zero attached hydrogens (tertiary/aromatic N) is 2. The molecule has 0 saturated heterocycles. The van der Waals surface area contributed by atoms with Gasteiger partial charge in [-0.05, 0) is 153 Å². The quantitative estimate of drug-likeness (QED) is 0.151. The molecule has 0 aromatic heterocycles. The molecule has 0 fully saturated rings. The molecule has 0 radical (unpaired) electrons. The van der Waals surface area contributed by atoms with Gasteiger partial charge >= 0.3 is 0 Å². The van der Waals surface area contributed by atoms with Crippen LogP contribution in [0.25, 0.3) is 33.4 Å². The van der Waals surface area contributed by atoms with Gasteiger partial charge in [0.2, 0.25) is 0 Å². The summed E-state index contributed by atoms with van der Waals surface area (Å²) >= 11 is 0. The van der Waals surface area contributed by atoms with Crippen LogP contribution in [0, 0.1) is 0 Å². The van der Waals surface area contributed by atoms with E-state index in [1.807, 2.05) is 0 Å². The lowest BCUT2D eigenvalue weighted by molar-refractivity contribution is 0.660. The fourth-order valence-electron chi connectivity index (χ4n) is 10.1. The van der Waals surface area contributed by atoms with Crippen LogP contribution in [-0.4, -0.2) is 0 Å². The Morgan fingerprint density at radius 1 is 0.333 bits per heavy atom. The third kappa shape index (κ3) is 7.12. The summed E-state index contributed by atoms with van der Waals surface area (Å²) in [6.07, 6.45) is 3.65. The van der Waals surface area contributed by atoms with Crippen LogP contribution in [0.15, 0.2) is 218 Å². The molecule has 304 valence electrons. The molecule has 9 aromatic carbocycles. The molecule has 0 unspecified atom stereocenters. The van der Waals surface area contributed by atoms with Crippen molar-refractivity contribution in [3.05, 3.63) is 252 Å². The molecule has 0 saturated carbocycles. The van der Waals surface area contributed by atoms with E-state index in [1.165, 1.54) is 95.2 Å². The van der Waals surface area contributed by atoms with Gasteiger partial charge in [0.05, 0.1) is 0 Å². The average Bonchev–Trinajstić information content (AvgIpc) is 3.57. The van der Waals surface area contributed by atoms with E-state index in [0.29, 0.717) is 0 Å². The van der Waals surface area contributed by atoms with E-state index in [2.05, 4.69) is 242 Å². The van der Waals surface area contributed by atoms with Crippen molar-refractivity contribution < 1.29 is 0 Å². The molecule has 2 heteroatoms. The van der Waals surface area contributed by atoms with Crippen LogP contribution in [0.5, 0.6) is 0 Å². The van der Waals surface area contributed by atoms with Crippen molar-refractivity contribution in [3.63, 3.8) is 0 Å². The fraction of sp³-hybridized carbons (Fsp3) is 0.115. The molecule has 4 bridgehead atoms. The van der Waals surface area contributed by atoms with Crippen LogP contribution >= 0.6 is 0 Å². The minimum Gasteiger partial charge on any atom is -0.310 e. The van der Waals surface area contributed by atoms with Crippen LogP contribution in [0.1, 0.15) is 47.2 Å². The van der Waals surface area contributed by atoms with Crippen molar-refractivity contribution in [1.29, 1.82) is 0 Å². The third-order valence-corrected chi connectivity index (χ3v) is 13.4. The van der Waals surface area contributed by atoms with Gasteiger partial charge in [-0.15, -0.1) is 0 Å². The molecule has 0 aliphatic heterocycles. The number of fused-ring (bicyclic) bond motifs is 3. The third-order valence-electron chi connectivity index (χ3n) is 13.4. The Labute approximate surface area is 372 Å². The lowest BCUT2D eigenvalue weighted by Gasteiger charge is -2.32. The Hall–Kier alpha value is -7.42. The van der Waals surface area contributed by atoms with Gasteiger partial charge in [-0.2, -0.15) is 0 Å². The number of para-hydroxylation sites is 2. The second-order valence-corrected chi connectivity index (χ2v) is 17.6. The van der Waals surface area contributed by atoms with E-state index in [9.17, 15) is 0 Å². The number of rotatable bonds is 8. The van der Waals surface area contributed by atoms with Crippen molar-refractivity contribution in [2.45, 2.75) is 44.9 Å². The van der Waals surface area contributed by atoms with Crippen LogP contribution in [0.3, 0.4) is 0 Å². The molecule has 5 aliphatic carbocycles. The molecule has 0 N–H and O–H groups in total. The first-order valence-corrected chi connectivity index (χ1v) is 22.4. The highest BCUT2D eigenvalue weighted by atomic mass is 15.2. The van der Waals surface area contributed by atoms with E-state index < -0.39 is 0 Å². The van der Waals surface area contributed by atoms with Gasteiger partial charge in [0, 0.05) is 39.5 Å². The second-order valence-electron chi connectivity index (χ2n) is 17.6. The van der Waals surface area contributed by atoms with E-state index >= 15 is 0 Å². The predicted molar refractivity (Wildman–Crippen MR) is 266 cm³/mol. The highest BCUT2D eigenvalue weighted by Gasteiger charge is 2.38. The zero-order chi connectivity index (χ0) is 42.3. The number of aryl methyl sites for hydroxylation is 4. The van der Waals surface area contributed by atoms with Crippen LogP contribution in [0.4, 0.5) is 34.1 Å².